The fourth-order valence-corrected chi connectivity index (χ4v) is 4.63. The van der Waals surface area contributed by atoms with E-state index in [1.165, 1.54) is 0 Å². The molecule has 37 heavy (non-hydrogen) atoms. The summed E-state index contributed by atoms with van der Waals surface area (Å²) in [6.07, 6.45) is 2.04. The molecule has 0 aliphatic heterocycles. The molecule has 0 aromatic heterocycles. The molecule has 3 aromatic rings. The van der Waals surface area contributed by atoms with Gasteiger partial charge in [-0.2, -0.15) is 0 Å². The largest absolute Gasteiger partial charge is 0.493 e. The van der Waals surface area contributed by atoms with Crippen LogP contribution in [0, 0.1) is 0 Å². The van der Waals surface area contributed by atoms with E-state index < -0.39 is 6.04 Å². The lowest BCUT2D eigenvalue weighted by molar-refractivity contribution is -0.141. The second-order valence-corrected chi connectivity index (χ2v) is 9.75. The van der Waals surface area contributed by atoms with Gasteiger partial charge in [0.15, 0.2) is 11.5 Å². The number of hydrogen-bond donors (Lipinski definition) is 1. The highest BCUT2D eigenvalue weighted by molar-refractivity contribution is 9.10. The molecule has 0 spiro atoms. The van der Waals surface area contributed by atoms with Crippen molar-refractivity contribution < 1.29 is 19.1 Å². The van der Waals surface area contributed by atoms with E-state index in [0.29, 0.717) is 37.4 Å². The Morgan fingerprint density at radius 3 is 2.30 bits per heavy atom. The molecule has 6 nitrogen and oxygen atoms in total. The van der Waals surface area contributed by atoms with Gasteiger partial charge in [-0.3, -0.25) is 9.59 Å². The van der Waals surface area contributed by atoms with Crippen LogP contribution < -0.4 is 14.8 Å². The maximum atomic E-state index is 13.8. The van der Waals surface area contributed by atoms with Crippen LogP contribution in [0.25, 0.3) is 0 Å². The molecule has 0 heterocycles. The number of aryl methyl sites for hydroxylation is 1. The Morgan fingerprint density at radius 1 is 0.892 bits per heavy atom. The number of hydrogen-bond acceptors (Lipinski definition) is 4. The summed E-state index contributed by atoms with van der Waals surface area (Å²) in [5.74, 6) is 1.05. The lowest BCUT2D eigenvalue weighted by Crippen LogP contribution is -2.50. The first-order chi connectivity index (χ1) is 17.9. The van der Waals surface area contributed by atoms with E-state index in [4.69, 9.17) is 9.47 Å². The molecule has 3 rings (SSSR count). The number of carbonyl (C=O) groups is 2. The second-order valence-electron chi connectivity index (χ2n) is 8.84. The summed E-state index contributed by atoms with van der Waals surface area (Å²) >= 11 is 3.52. The van der Waals surface area contributed by atoms with Gasteiger partial charge in [0.25, 0.3) is 0 Å². The lowest BCUT2D eigenvalue weighted by atomic mass is 10.0. The van der Waals surface area contributed by atoms with Crippen LogP contribution in [-0.2, 0) is 29.0 Å². The minimum Gasteiger partial charge on any atom is -0.493 e. The summed E-state index contributed by atoms with van der Waals surface area (Å²) in [5.41, 5.74) is 2.92. The number of nitrogens with one attached hydrogen (secondary N) is 1. The van der Waals surface area contributed by atoms with E-state index in [9.17, 15) is 9.59 Å². The monoisotopic (exact) mass is 566 g/mol. The van der Waals surface area contributed by atoms with Crippen molar-refractivity contribution in [1.82, 2.24) is 10.2 Å². The van der Waals surface area contributed by atoms with Crippen LogP contribution in [0.2, 0.25) is 0 Å². The van der Waals surface area contributed by atoms with Crippen molar-refractivity contribution in [2.24, 2.45) is 0 Å². The molecule has 0 saturated carbocycles. The van der Waals surface area contributed by atoms with E-state index in [-0.39, 0.29) is 18.2 Å². The first kappa shape index (κ1) is 28.3. The number of ether oxygens (including phenoxy) is 2. The van der Waals surface area contributed by atoms with Crippen LogP contribution in [0.3, 0.4) is 0 Å². The molecule has 0 saturated heterocycles. The van der Waals surface area contributed by atoms with Crippen molar-refractivity contribution >= 4 is 27.7 Å². The summed E-state index contributed by atoms with van der Waals surface area (Å²) in [6.45, 7) is 2.91. The van der Waals surface area contributed by atoms with Gasteiger partial charge in [0.2, 0.25) is 11.8 Å². The molecular weight excluding hydrogens is 532 g/mol. The quantitative estimate of drug-likeness (QED) is 0.294. The van der Waals surface area contributed by atoms with Crippen LogP contribution in [0.5, 0.6) is 11.5 Å². The molecule has 0 bridgehead atoms. The third kappa shape index (κ3) is 8.35. The highest BCUT2D eigenvalue weighted by atomic mass is 79.9. The van der Waals surface area contributed by atoms with Crippen LogP contribution in [0.1, 0.15) is 36.5 Å². The number of rotatable bonds is 13. The molecule has 2 amide bonds. The van der Waals surface area contributed by atoms with Crippen molar-refractivity contribution in [3.8, 4) is 11.5 Å². The molecule has 3 aromatic carbocycles. The molecular formula is C30H35BrN2O4. The number of methoxy groups -OCH3 is 2. The number of halogens is 1. The second kappa shape index (κ2) is 14.4. The standard InChI is InChI=1S/C30H35BrN2O4/c1-4-17-32-30(35)26(19-22-9-6-5-7-10-22)33(21-24-11-8-12-25(31)18-24)29(34)16-14-23-13-15-27(36-2)28(20-23)37-3/h5-13,15,18,20,26H,4,14,16-17,19,21H2,1-3H3,(H,32,35). The number of nitrogens with zero attached hydrogens (tertiary/aromatic N) is 1. The van der Waals surface area contributed by atoms with E-state index in [1.807, 2.05) is 79.7 Å². The van der Waals surface area contributed by atoms with Gasteiger partial charge in [0, 0.05) is 30.4 Å². The molecule has 0 radical (unpaired) electrons. The molecule has 0 fully saturated rings. The summed E-state index contributed by atoms with van der Waals surface area (Å²) in [6, 6.07) is 22.7. The van der Waals surface area contributed by atoms with E-state index in [1.54, 1.807) is 19.1 Å². The topological polar surface area (TPSA) is 67.9 Å². The summed E-state index contributed by atoms with van der Waals surface area (Å²) in [4.78, 5) is 28.9. The van der Waals surface area contributed by atoms with Crippen LogP contribution in [-0.4, -0.2) is 43.5 Å². The summed E-state index contributed by atoms with van der Waals surface area (Å²) < 4.78 is 11.7. The zero-order valence-corrected chi connectivity index (χ0v) is 23.3. The van der Waals surface area contributed by atoms with Gasteiger partial charge >= 0.3 is 0 Å². The number of amides is 2. The Kier molecular flexibility index (Phi) is 11.0. The zero-order valence-electron chi connectivity index (χ0n) is 21.7. The van der Waals surface area contributed by atoms with E-state index in [2.05, 4.69) is 21.2 Å². The highest BCUT2D eigenvalue weighted by Crippen LogP contribution is 2.28. The minimum absolute atomic E-state index is 0.0812. The molecule has 7 heteroatoms. The first-order valence-corrected chi connectivity index (χ1v) is 13.3. The van der Waals surface area contributed by atoms with E-state index in [0.717, 1.165) is 27.6 Å². The van der Waals surface area contributed by atoms with Gasteiger partial charge < -0.3 is 19.7 Å². The minimum atomic E-state index is -0.633. The average molecular weight is 568 g/mol. The zero-order chi connectivity index (χ0) is 26.6. The van der Waals surface area contributed by atoms with Crippen molar-refractivity contribution in [3.63, 3.8) is 0 Å². The van der Waals surface area contributed by atoms with Crippen molar-refractivity contribution in [2.45, 2.75) is 45.2 Å². The number of carbonyl (C=O) groups excluding carboxylic acids is 2. The predicted molar refractivity (Wildman–Crippen MR) is 150 cm³/mol. The first-order valence-electron chi connectivity index (χ1n) is 12.5. The van der Waals surface area contributed by atoms with Gasteiger partial charge in [-0.1, -0.05) is 71.4 Å². The highest BCUT2D eigenvalue weighted by Gasteiger charge is 2.30. The van der Waals surface area contributed by atoms with E-state index >= 15 is 0 Å². The van der Waals surface area contributed by atoms with Crippen LogP contribution >= 0.6 is 15.9 Å². The van der Waals surface area contributed by atoms with Gasteiger partial charge in [-0.15, -0.1) is 0 Å². The molecule has 1 atom stereocenters. The predicted octanol–water partition coefficient (Wildman–Crippen LogP) is 5.57. The molecule has 1 unspecified atom stereocenters. The van der Waals surface area contributed by atoms with Crippen molar-refractivity contribution in [2.75, 3.05) is 20.8 Å². The lowest BCUT2D eigenvalue weighted by Gasteiger charge is -2.32. The van der Waals surface area contributed by atoms with Gasteiger partial charge in [-0.05, 0) is 53.8 Å². The third-order valence-electron chi connectivity index (χ3n) is 6.14. The van der Waals surface area contributed by atoms with Crippen LogP contribution in [0.4, 0.5) is 0 Å². The van der Waals surface area contributed by atoms with Crippen molar-refractivity contribution in [3.05, 3.63) is 94.0 Å². The van der Waals surface area contributed by atoms with Crippen LogP contribution in [0.15, 0.2) is 77.3 Å². The normalized spacial score (nSPS) is 11.5. The molecule has 196 valence electrons. The van der Waals surface area contributed by atoms with Crippen molar-refractivity contribution in [1.29, 1.82) is 0 Å². The summed E-state index contributed by atoms with van der Waals surface area (Å²) in [7, 11) is 3.19. The Hall–Kier alpha value is -3.32. The Morgan fingerprint density at radius 2 is 1.62 bits per heavy atom. The third-order valence-corrected chi connectivity index (χ3v) is 6.63. The Labute approximate surface area is 228 Å². The smallest absolute Gasteiger partial charge is 0.243 e. The molecule has 0 aliphatic rings. The molecule has 1 N–H and O–H groups in total. The Balaban J connectivity index is 1.89. The van der Waals surface area contributed by atoms with Gasteiger partial charge in [0.1, 0.15) is 6.04 Å². The molecule has 0 aliphatic carbocycles. The van der Waals surface area contributed by atoms with Gasteiger partial charge in [-0.25, -0.2) is 0 Å². The van der Waals surface area contributed by atoms with Gasteiger partial charge in [0.05, 0.1) is 14.2 Å². The summed E-state index contributed by atoms with van der Waals surface area (Å²) in [5, 5.41) is 3.01. The maximum absolute atomic E-state index is 13.8. The SMILES string of the molecule is CCCNC(=O)C(Cc1ccccc1)N(Cc1cccc(Br)c1)C(=O)CCc1ccc(OC)c(OC)c1. The Bertz CT molecular complexity index is 1170. The fraction of sp³-hybridized carbons (Fsp3) is 0.333. The fourth-order valence-electron chi connectivity index (χ4n) is 4.18. The number of benzene rings is 3. The average Bonchev–Trinajstić information content (AvgIpc) is 2.92. The maximum Gasteiger partial charge on any atom is 0.243 e.